The molecule has 92 valence electrons. The van der Waals surface area contributed by atoms with Crippen molar-refractivity contribution in [3.63, 3.8) is 0 Å². The van der Waals surface area contributed by atoms with Crippen molar-refractivity contribution in [1.29, 1.82) is 5.26 Å². The molecular weight excluding hydrogens is 229 g/mol. The van der Waals surface area contributed by atoms with Crippen molar-refractivity contribution in [2.75, 3.05) is 0 Å². The van der Waals surface area contributed by atoms with Crippen LogP contribution in [0.3, 0.4) is 0 Å². The first-order valence-corrected chi connectivity index (χ1v) is 5.85. The van der Waals surface area contributed by atoms with Gasteiger partial charge in [-0.2, -0.15) is 5.26 Å². The summed E-state index contributed by atoms with van der Waals surface area (Å²) in [5.41, 5.74) is 2.26. The number of halogens is 1. The molecule has 1 aromatic carbocycles. The van der Waals surface area contributed by atoms with Crippen LogP contribution >= 0.6 is 0 Å². The number of nitriles is 1. The van der Waals surface area contributed by atoms with Gasteiger partial charge in [-0.3, -0.25) is 0 Å². The minimum Gasteiger partial charge on any atom is -0.334 e. The van der Waals surface area contributed by atoms with Crippen molar-refractivity contribution in [2.45, 2.75) is 26.8 Å². The molecule has 0 N–H and O–H groups in total. The van der Waals surface area contributed by atoms with Gasteiger partial charge in [-0.15, -0.1) is 0 Å². The molecule has 0 amide bonds. The molecule has 0 fully saturated rings. The average Bonchev–Trinajstić information content (AvgIpc) is 2.76. The summed E-state index contributed by atoms with van der Waals surface area (Å²) in [6, 6.07) is 7.03. The Kier molecular flexibility index (Phi) is 3.42. The normalized spacial score (nSPS) is 10.3. The number of aromatic nitrogens is 2. The van der Waals surface area contributed by atoms with E-state index in [2.05, 4.69) is 11.1 Å². The Morgan fingerprint density at radius 1 is 1.44 bits per heavy atom. The molecule has 2 rings (SSSR count). The molecule has 1 aromatic heterocycles. The second-order valence-electron chi connectivity index (χ2n) is 4.13. The van der Waals surface area contributed by atoms with Gasteiger partial charge in [0.2, 0.25) is 0 Å². The Bertz CT molecular complexity index is 608. The van der Waals surface area contributed by atoms with Crippen LogP contribution in [0, 0.1) is 24.1 Å². The predicted octanol–water partition coefficient (Wildman–Crippen LogP) is 3.08. The quantitative estimate of drug-likeness (QED) is 0.831. The van der Waals surface area contributed by atoms with Gasteiger partial charge in [0.1, 0.15) is 11.6 Å². The zero-order valence-electron chi connectivity index (χ0n) is 10.4. The average molecular weight is 243 g/mol. The summed E-state index contributed by atoms with van der Waals surface area (Å²) >= 11 is 0. The number of hydrogen-bond acceptors (Lipinski definition) is 2. The number of imidazole rings is 1. The summed E-state index contributed by atoms with van der Waals surface area (Å²) in [6.45, 7) is 4.50. The van der Waals surface area contributed by atoms with Crippen LogP contribution in [0.4, 0.5) is 4.39 Å². The fourth-order valence-electron chi connectivity index (χ4n) is 1.88. The standard InChI is InChI=1S/C14H14FN3/c1-3-18-9-13(17-14(18)6-7-16)11-4-5-12(15)10(2)8-11/h4-5,8-9H,3,6H2,1-2H3. The van der Waals surface area contributed by atoms with Crippen molar-refractivity contribution >= 4 is 0 Å². The minimum atomic E-state index is -0.217. The first kappa shape index (κ1) is 12.3. The lowest BCUT2D eigenvalue weighted by Gasteiger charge is -1.99. The van der Waals surface area contributed by atoms with Crippen LogP contribution < -0.4 is 0 Å². The van der Waals surface area contributed by atoms with E-state index in [0.29, 0.717) is 5.56 Å². The summed E-state index contributed by atoms with van der Waals surface area (Å²) < 4.78 is 15.2. The van der Waals surface area contributed by atoms with E-state index in [1.807, 2.05) is 17.7 Å². The molecule has 3 nitrogen and oxygen atoms in total. The summed E-state index contributed by atoms with van der Waals surface area (Å²) in [5, 5.41) is 8.75. The lowest BCUT2D eigenvalue weighted by molar-refractivity contribution is 0.619. The van der Waals surface area contributed by atoms with Crippen molar-refractivity contribution in [2.24, 2.45) is 0 Å². The van der Waals surface area contributed by atoms with Gasteiger partial charge in [0.05, 0.1) is 18.2 Å². The minimum absolute atomic E-state index is 0.217. The molecular formula is C14H14FN3. The summed E-state index contributed by atoms with van der Waals surface area (Å²) in [5.74, 6) is 0.530. The van der Waals surface area contributed by atoms with E-state index in [1.165, 1.54) is 6.07 Å². The molecule has 0 atom stereocenters. The molecule has 1 heterocycles. The Morgan fingerprint density at radius 2 is 2.22 bits per heavy atom. The van der Waals surface area contributed by atoms with Crippen molar-refractivity contribution in [3.05, 3.63) is 41.6 Å². The predicted molar refractivity (Wildman–Crippen MR) is 67.3 cm³/mol. The summed E-state index contributed by atoms with van der Waals surface area (Å²) in [4.78, 5) is 4.43. The maximum atomic E-state index is 13.2. The number of aryl methyl sites for hydroxylation is 2. The van der Waals surface area contributed by atoms with Crippen LogP contribution in [0.1, 0.15) is 18.3 Å². The molecule has 2 aromatic rings. The molecule has 0 unspecified atom stereocenters. The van der Waals surface area contributed by atoms with E-state index in [1.54, 1.807) is 19.1 Å². The second-order valence-corrected chi connectivity index (χ2v) is 4.13. The van der Waals surface area contributed by atoms with Gasteiger partial charge in [0.15, 0.2) is 0 Å². The largest absolute Gasteiger partial charge is 0.334 e. The third-order valence-electron chi connectivity index (χ3n) is 2.89. The lowest BCUT2D eigenvalue weighted by atomic mass is 10.1. The Labute approximate surface area is 106 Å². The Balaban J connectivity index is 2.44. The zero-order valence-corrected chi connectivity index (χ0v) is 10.4. The molecule has 0 aliphatic carbocycles. The van der Waals surface area contributed by atoms with Crippen molar-refractivity contribution in [3.8, 4) is 17.3 Å². The van der Waals surface area contributed by atoms with E-state index in [9.17, 15) is 4.39 Å². The van der Waals surface area contributed by atoms with E-state index < -0.39 is 0 Å². The molecule has 0 saturated heterocycles. The third-order valence-corrected chi connectivity index (χ3v) is 2.89. The highest BCUT2D eigenvalue weighted by atomic mass is 19.1. The number of hydrogen-bond donors (Lipinski definition) is 0. The van der Waals surface area contributed by atoms with Gasteiger partial charge in [-0.05, 0) is 37.6 Å². The van der Waals surface area contributed by atoms with Crippen LogP contribution in [0.15, 0.2) is 24.4 Å². The Morgan fingerprint density at radius 3 is 2.83 bits per heavy atom. The summed E-state index contributed by atoms with van der Waals surface area (Å²) in [7, 11) is 0. The van der Waals surface area contributed by atoms with Gasteiger partial charge >= 0.3 is 0 Å². The molecule has 0 saturated carbocycles. The maximum absolute atomic E-state index is 13.2. The fourth-order valence-corrected chi connectivity index (χ4v) is 1.88. The molecule has 0 spiro atoms. The molecule has 0 bridgehead atoms. The van der Waals surface area contributed by atoms with Crippen molar-refractivity contribution in [1.82, 2.24) is 9.55 Å². The highest BCUT2D eigenvalue weighted by Crippen LogP contribution is 2.21. The maximum Gasteiger partial charge on any atom is 0.126 e. The molecule has 0 aliphatic heterocycles. The van der Waals surface area contributed by atoms with Gasteiger partial charge in [-0.1, -0.05) is 0 Å². The highest BCUT2D eigenvalue weighted by Gasteiger charge is 2.09. The van der Waals surface area contributed by atoms with Crippen LogP contribution in [-0.4, -0.2) is 9.55 Å². The first-order chi connectivity index (χ1) is 8.65. The number of benzene rings is 1. The monoisotopic (exact) mass is 243 g/mol. The van der Waals surface area contributed by atoms with E-state index in [-0.39, 0.29) is 12.2 Å². The fraction of sp³-hybridized carbons (Fsp3) is 0.286. The number of rotatable bonds is 3. The van der Waals surface area contributed by atoms with Gasteiger partial charge in [0.25, 0.3) is 0 Å². The first-order valence-electron chi connectivity index (χ1n) is 5.85. The molecule has 0 aliphatic rings. The SMILES string of the molecule is CCn1cc(-c2ccc(F)c(C)c2)nc1CC#N. The van der Waals surface area contributed by atoms with Crippen LogP contribution in [0.2, 0.25) is 0 Å². The van der Waals surface area contributed by atoms with E-state index in [4.69, 9.17) is 5.26 Å². The molecule has 0 radical (unpaired) electrons. The van der Waals surface area contributed by atoms with Crippen molar-refractivity contribution < 1.29 is 4.39 Å². The summed E-state index contributed by atoms with van der Waals surface area (Å²) in [6.07, 6.45) is 2.19. The van der Waals surface area contributed by atoms with Crippen LogP contribution in [0.5, 0.6) is 0 Å². The highest BCUT2D eigenvalue weighted by molar-refractivity contribution is 5.59. The van der Waals surface area contributed by atoms with Crippen LogP contribution in [0.25, 0.3) is 11.3 Å². The van der Waals surface area contributed by atoms with Crippen LogP contribution in [-0.2, 0) is 13.0 Å². The second kappa shape index (κ2) is 5.01. The van der Waals surface area contributed by atoms with Gasteiger partial charge < -0.3 is 4.57 Å². The topological polar surface area (TPSA) is 41.6 Å². The van der Waals surface area contributed by atoms with E-state index in [0.717, 1.165) is 23.6 Å². The lowest BCUT2D eigenvalue weighted by Crippen LogP contribution is -1.98. The molecule has 18 heavy (non-hydrogen) atoms. The molecule has 4 heteroatoms. The zero-order chi connectivity index (χ0) is 13.1. The van der Waals surface area contributed by atoms with Gasteiger partial charge in [0, 0.05) is 18.3 Å². The van der Waals surface area contributed by atoms with Gasteiger partial charge in [-0.25, -0.2) is 9.37 Å². The van der Waals surface area contributed by atoms with E-state index >= 15 is 0 Å². The Hall–Kier alpha value is -2.15. The smallest absolute Gasteiger partial charge is 0.126 e. The number of nitrogens with zero attached hydrogens (tertiary/aromatic N) is 3. The third kappa shape index (κ3) is 2.25.